The molecule has 0 aliphatic carbocycles. The van der Waals surface area contributed by atoms with Gasteiger partial charge in [0.1, 0.15) is 0 Å². The SMILES string of the molecule is NC(=O)c1csc(CNc2ccc3sccc3c2)c1. The first kappa shape index (κ1) is 12.2. The Hall–Kier alpha value is -1.85. The summed E-state index contributed by atoms with van der Waals surface area (Å²) < 4.78 is 1.29. The Morgan fingerprint density at radius 3 is 2.89 bits per heavy atom. The molecule has 3 rings (SSSR count). The third-order valence-corrected chi connectivity index (χ3v) is 4.69. The lowest BCUT2D eigenvalue weighted by Gasteiger charge is -2.04. The number of hydrogen-bond acceptors (Lipinski definition) is 4. The molecule has 19 heavy (non-hydrogen) atoms. The summed E-state index contributed by atoms with van der Waals surface area (Å²) in [6.45, 7) is 0.702. The number of thiophene rings is 2. The zero-order valence-corrected chi connectivity index (χ0v) is 11.7. The summed E-state index contributed by atoms with van der Waals surface area (Å²) >= 11 is 3.28. The van der Waals surface area contributed by atoms with E-state index in [9.17, 15) is 4.79 Å². The summed E-state index contributed by atoms with van der Waals surface area (Å²) in [5, 5.41) is 8.49. The van der Waals surface area contributed by atoms with Crippen molar-refractivity contribution in [2.75, 3.05) is 5.32 Å². The van der Waals surface area contributed by atoms with Crippen LogP contribution >= 0.6 is 22.7 Å². The Kier molecular flexibility index (Phi) is 3.23. The fourth-order valence-electron chi connectivity index (χ4n) is 1.87. The molecule has 0 spiro atoms. The van der Waals surface area contributed by atoms with Gasteiger partial charge in [0.15, 0.2) is 0 Å². The van der Waals surface area contributed by atoms with Gasteiger partial charge in [-0.1, -0.05) is 0 Å². The summed E-state index contributed by atoms with van der Waals surface area (Å²) in [7, 11) is 0. The van der Waals surface area contributed by atoms with E-state index in [-0.39, 0.29) is 5.91 Å². The van der Waals surface area contributed by atoms with E-state index in [0.717, 1.165) is 10.6 Å². The van der Waals surface area contributed by atoms with E-state index in [1.165, 1.54) is 10.1 Å². The van der Waals surface area contributed by atoms with Crippen molar-refractivity contribution in [3.8, 4) is 0 Å². The van der Waals surface area contributed by atoms with Crippen LogP contribution < -0.4 is 11.1 Å². The van der Waals surface area contributed by atoms with Crippen LogP contribution in [0.25, 0.3) is 10.1 Å². The fraction of sp³-hybridized carbons (Fsp3) is 0.0714. The van der Waals surface area contributed by atoms with Crippen LogP contribution in [0.15, 0.2) is 41.1 Å². The van der Waals surface area contributed by atoms with Gasteiger partial charge in [-0.15, -0.1) is 22.7 Å². The molecule has 0 unspecified atom stereocenters. The minimum Gasteiger partial charge on any atom is -0.380 e. The highest BCUT2D eigenvalue weighted by Crippen LogP contribution is 2.24. The summed E-state index contributed by atoms with van der Waals surface area (Å²) in [4.78, 5) is 12.1. The molecule has 0 saturated heterocycles. The standard InChI is InChI=1S/C14H12N2OS2/c15-14(17)10-6-12(19-8-10)7-16-11-1-2-13-9(5-11)3-4-18-13/h1-6,8,16H,7H2,(H2,15,17). The second-order valence-electron chi connectivity index (χ2n) is 4.19. The molecule has 2 heterocycles. The maximum Gasteiger partial charge on any atom is 0.249 e. The molecule has 1 aromatic carbocycles. The molecule has 0 radical (unpaired) electrons. The lowest BCUT2D eigenvalue weighted by atomic mass is 10.2. The maximum atomic E-state index is 11.0. The molecule has 0 saturated carbocycles. The molecule has 96 valence electrons. The molecule has 3 N–H and O–H groups in total. The van der Waals surface area contributed by atoms with Crippen LogP contribution in [0.3, 0.4) is 0 Å². The number of carbonyl (C=O) groups is 1. The number of nitrogens with two attached hydrogens (primary N) is 1. The van der Waals surface area contributed by atoms with Gasteiger partial charge in [-0.25, -0.2) is 0 Å². The van der Waals surface area contributed by atoms with Crippen molar-refractivity contribution >= 4 is 44.4 Å². The van der Waals surface area contributed by atoms with Crippen LogP contribution in [0.4, 0.5) is 5.69 Å². The average molecular weight is 288 g/mol. The van der Waals surface area contributed by atoms with E-state index < -0.39 is 0 Å². The molecule has 0 aliphatic rings. The number of nitrogens with one attached hydrogen (secondary N) is 1. The number of anilines is 1. The topological polar surface area (TPSA) is 55.1 Å². The molecule has 1 amide bonds. The number of amides is 1. The van der Waals surface area contributed by atoms with E-state index in [0.29, 0.717) is 12.1 Å². The second kappa shape index (κ2) is 5.03. The number of carbonyl (C=O) groups excluding carboxylic acids is 1. The Labute approximate surface area is 118 Å². The Morgan fingerprint density at radius 1 is 1.21 bits per heavy atom. The van der Waals surface area contributed by atoms with Crippen LogP contribution in [-0.2, 0) is 6.54 Å². The smallest absolute Gasteiger partial charge is 0.249 e. The summed E-state index contributed by atoms with van der Waals surface area (Å²) in [5.41, 5.74) is 6.90. The molecular formula is C14H12N2OS2. The first-order valence-electron chi connectivity index (χ1n) is 5.81. The number of benzene rings is 1. The molecule has 0 atom stereocenters. The third-order valence-electron chi connectivity index (χ3n) is 2.86. The van der Waals surface area contributed by atoms with Crippen molar-refractivity contribution in [2.24, 2.45) is 5.73 Å². The van der Waals surface area contributed by atoms with Gasteiger partial charge in [-0.3, -0.25) is 4.79 Å². The predicted octanol–water partition coefficient (Wildman–Crippen LogP) is 3.67. The zero-order valence-electron chi connectivity index (χ0n) is 10.1. The van der Waals surface area contributed by atoms with Crippen molar-refractivity contribution in [1.82, 2.24) is 0 Å². The molecular weight excluding hydrogens is 276 g/mol. The second-order valence-corrected chi connectivity index (χ2v) is 6.14. The molecule has 5 heteroatoms. The Balaban J connectivity index is 1.72. The highest BCUT2D eigenvalue weighted by Gasteiger charge is 2.04. The molecule has 2 aromatic heterocycles. The summed E-state index contributed by atoms with van der Waals surface area (Å²) in [5.74, 6) is -0.373. The first-order valence-corrected chi connectivity index (χ1v) is 7.56. The van der Waals surface area contributed by atoms with Crippen molar-refractivity contribution in [3.63, 3.8) is 0 Å². The zero-order chi connectivity index (χ0) is 13.2. The molecule has 3 aromatic rings. The van der Waals surface area contributed by atoms with E-state index in [1.54, 1.807) is 28.1 Å². The van der Waals surface area contributed by atoms with Crippen LogP contribution in [0.1, 0.15) is 15.2 Å². The van der Waals surface area contributed by atoms with Gasteiger partial charge in [0.05, 0.1) is 5.56 Å². The molecule has 0 aliphatic heterocycles. The monoisotopic (exact) mass is 288 g/mol. The van der Waals surface area contributed by atoms with Gasteiger partial charge in [0.2, 0.25) is 5.91 Å². The van der Waals surface area contributed by atoms with E-state index in [2.05, 4.69) is 35.0 Å². The van der Waals surface area contributed by atoms with Gasteiger partial charge in [0, 0.05) is 27.2 Å². The van der Waals surface area contributed by atoms with Crippen LogP contribution in [0.5, 0.6) is 0 Å². The van der Waals surface area contributed by atoms with Gasteiger partial charge in [-0.05, 0) is 41.1 Å². The normalized spacial score (nSPS) is 10.7. The molecule has 0 bridgehead atoms. The van der Waals surface area contributed by atoms with E-state index in [4.69, 9.17) is 5.73 Å². The fourth-order valence-corrected chi connectivity index (χ4v) is 3.45. The minimum atomic E-state index is -0.373. The highest BCUT2D eigenvalue weighted by molar-refractivity contribution is 7.17. The van der Waals surface area contributed by atoms with E-state index >= 15 is 0 Å². The van der Waals surface area contributed by atoms with E-state index in [1.807, 2.05) is 6.07 Å². The Bertz CT molecular complexity index is 730. The number of hydrogen-bond donors (Lipinski definition) is 2. The van der Waals surface area contributed by atoms with Gasteiger partial charge < -0.3 is 11.1 Å². The van der Waals surface area contributed by atoms with Crippen molar-refractivity contribution in [3.05, 3.63) is 51.5 Å². The summed E-state index contributed by atoms with van der Waals surface area (Å²) in [6.07, 6.45) is 0. The first-order chi connectivity index (χ1) is 9.22. The maximum absolute atomic E-state index is 11.0. The Morgan fingerprint density at radius 2 is 2.11 bits per heavy atom. The van der Waals surface area contributed by atoms with Crippen LogP contribution in [0, 0.1) is 0 Å². The van der Waals surface area contributed by atoms with Crippen LogP contribution in [0.2, 0.25) is 0 Å². The average Bonchev–Trinajstić information content (AvgIpc) is 3.04. The number of fused-ring (bicyclic) bond motifs is 1. The van der Waals surface area contributed by atoms with Crippen LogP contribution in [-0.4, -0.2) is 5.91 Å². The highest BCUT2D eigenvalue weighted by atomic mass is 32.1. The van der Waals surface area contributed by atoms with Crippen molar-refractivity contribution in [2.45, 2.75) is 6.54 Å². The lowest BCUT2D eigenvalue weighted by Crippen LogP contribution is -2.09. The third kappa shape index (κ3) is 2.62. The molecule has 0 fully saturated rings. The summed E-state index contributed by atoms with van der Waals surface area (Å²) in [6, 6.07) is 10.3. The van der Waals surface area contributed by atoms with Gasteiger partial charge in [0.25, 0.3) is 0 Å². The van der Waals surface area contributed by atoms with Gasteiger partial charge in [-0.2, -0.15) is 0 Å². The molecule has 3 nitrogen and oxygen atoms in total. The lowest BCUT2D eigenvalue weighted by molar-refractivity contribution is 0.100. The number of primary amides is 1. The van der Waals surface area contributed by atoms with Crippen molar-refractivity contribution < 1.29 is 4.79 Å². The van der Waals surface area contributed by atoms with Gasteiger partial charge >= 0.3 is 0 Å². The quantitative estimate of drug-likeness (QED) is 0.769. The minimum absolute atomic E-state index is 0.373. The largest absolute Gasteiger partial charge is 0.380 e. The predicted molar refractivity (Wildman–Crippen MR) is 82.0 cm³/mol. The number of rotatable bonds is 4. The van der Waals surface area contributed by atoms with Crippen molar-refractivity contribution in [1.29, 1.82) is 0 Å².